The molecule has 0 aromatic heterocycles. The van der Waals surface area contributed by atoms with E-state index >= 15 is 0 Å². The van der Waals surface area contributed by atoms with Gasteiger partial charge in [-0.15, -0.1) is 4.33 Å². The minimum Gasteiger partial charge on any atom is -0.456 e. The largest absolute Gasteiger partial charge is 0.466 e. The molecule has 0 amide bonds. The smallest absolute Gasteiger partial charge is 0.456 e. The van der Waals surface area contributed by atoms with E-state index in [0.717, 1.165) is 0 Å². The fraction of sp³-hybridized carbons (Fsp3) is 0.444. The summed E-state index contributed by atoms with van der Waals surface area (Å²) in [7, 11) is -13.0. The predicted octanol–water partition coefficient (Wildman–Crippen LogP) is 0.0808. The second-order valence-electron chi connectivity index (χ2n) is 4.63. The van der Waals surface area contributed by atoms with Crippen LogP contribution in [0.2, 0.25) is 0 Å². The lowest BCUT2D eigenvalue weighted by Crippen LogP contribution is -2.40. The van der Waals surface area contributed by atoms with Crippen LogP contribution in [0.4, 0.5) is 26.3 Å². The summed E-state index contributed by atoms with van der Waals surface area (Å²) in [5, 5.41) is -5.92. The van der Waals surface area contributed by atoms with Crippen LogP contribution in [0.5, 0.6) is 0 Å². The van der Waals surface area contributed by atoms with E-state index in [4.69, 9.17) is 14.4 Å². The third-order valence-electron chi connectivity index (χ3n) is 2.38. The van der Waals surface area contributed by atoms with Crippen LogP contribution in [-0.4, -0.2) is 71.5 Å². The molecule has 0 saturated heterocycles. The van der Waals surface area contributed by atoms with Gasteiger partial charge in [-0.05, 0) is 0 Å². The van der Waals surface area contributed by atoms with Crippen molar-refractivity contribution in [2.75, 3.05) is 6.61 Å². The topological polar surface area (TPSA) is 226 Å². The molecule has 0 aromatic rings. The normalized spacial score (nSPS) is 13.9. The van der Waals surface area contributed by atoms with Crippen molar-refractivity contribution in [2.24, 2.45) is 0 Å². The zero-order chi connectivity index (χ0) is 26.5. The lowest BCUT2D eigenvalue weighted by molar-refractivity contribution is -0.433. The number of carbonyl (C=O) groups excluding carboxylic acids is 3. The van der Waals surface area contributed by atoms with Gasteiger partial charge in [0.2, 0.25) is 0 Å². The van der Waals surface area contributed by atoms with Crippen molar-refractivity contribution in [2.45, 2.75) is 15.8 Å². The monoisotopic (exact) mass is 564 g/mol. The fourth-order valence-corrected chi connectivity index (χ4v) is 1.73. The molecule has 0 atom stereocenters. The minimum atomic E-state index is -6.56. The summed E-state index contributed by atoms with van der Waals surface area (Å²) in [6.45, 7) is -1.84. The highest BCUT2D eigenvalue weighted by Gasteiger charge is 2.56. The molecule has 3 N–H and O–H groups in total. The Hall–Kier alpha value is -2.22. The van der Waals surface area contributed by atoms with E-state index in [-0.39, 0.29) is 6.08 Å². The van der Waals surface area contributed by atoms with Gasteiger partial charge in [0.1, 0.15) is 18.6 Å². The number of hydrogen-bond donors (Lipinski definition) is 3. The van der Waals surface area contributed by atoms with Crippen LogP contribution in [0.1, 0.15) is 0 Å². The van der Waals surface area contributed by atoms with Gasteiger partial charge in [-0.25, -0.2) is 19.6 Å². The molecule has 0 aliphatic heterocycles. The van der Waals surface area contributed by atoms with Crippen molar-refractivity contribution in [1.29, 1.82) is 0 Å². The van der Waals surface area contributed by atoms with E-state index in [1.165, 1.54) is 0 Å². The van der Waals surface area contributed by atoms with E-state index in [0.29, 0.717) is 0 Å². The number of ether oxygens (including phenoxy) is 3. The first-order chi connectivity index (χ1) is 14.6. The minimum absolute atomic E-state index is 0.349. The first kappa shape index (κ1) is 30.8. The molecule has 24 heteroatoms. The Morgan fingerprint density at radius 1 is 0.818 bits per heavy atom. The molecular formula is C9H6F6O15S3. The van der Waals surface area contributed by atoms with Gasteiger partial charge >= 0.3 is 53.9 Å². The molecule has 0 aliphatic carbocycles. The maximum absolute atomic E-state index is 13.3. The molecule has 15 nitrogen and oxygen atoms in total. The van der Waals surface area contributed by atoms with Crippen LogP contribution < -0.4 is 0 Å². The van der Waals surface area contributed by atoms with Gasteiger partial charge in [0.15, 0.2) is 0 Å². The van der Waals surface area contributed by atoms with Gasteiger partial charge in [0.25, 0.3) is 5.95 Å². The lowest BCUT2D eigenvalue weighted by atomic mass is 10.6. The molecule has 0 bridgehead atoms. The zero-order valence-electron chi connectivity index (χ0n) is 14.5. The van der Waals surface area contributed by atoms with Gasteiger partial charge in [0.05, 0.1) is 0 Å². The molecule has 0 aromatic carbocycles. The molecule has 0 spiro atoms. The number of esters is 3. The van der Waals surface area contributed by atoms with E-state index in [9.17, 15) is 57.6 Å². The van der Waals surface area contributed by atoms with E-state index < -0.39 is 78.5 Å². The van der Waals surface area contributed by atoms with Crippen LogP contribution in [0.15, 0.2) is 12.0 Å². The third-order valence-corrected chi connectivity index (χ3v) is 4.52. The van der Waals surface area contributed by atoms with Crippen molar-refractivity contribution >= 4 is 50.2 Å². The number of hydrogen-bond acceptors (Lipinski definition) is 14. The van der Waals surface area contributed by atoms with Gasteiger partial charge < -0.3 is 14.2 Å². The summed E-state index contributed by atoms with van der Waals surface area (Å²) in [4.78, 5) is 33.4. The van der Waals surface area contributed by atoms with Crippen molar-refractivity contribution in [3.8, 4) is 0 Å². The standard InChI is InChI=1S/C9H6F6O15S3/c10-7(11,31-30-29-19)4(16)27-3(28-6(18)9(14,15)33(23,24)25)1-2-26-5(17)8(12,13)32(20,21)22/h1,19H,2H2,(H,20,21,22)(H,23,24,25). The predicted molar refractivity (Wildman–Crippen MR) is 81.6 cm³/mol. The Morgan fingerprint density at radius 2 is 1.24 bits per heavy atom. The zero-order valence-corrected chi connectivity index (χ0v) is 17.0. The van der Waals surface area contributed by atoms with Crippen LogP contribution in [0.3, 0.4) is 0 Å². The molecular weight excluding hydrogens is 558 g/mol. The Bertz CT molecular complexity index is 1000. The van der Waals surface area contributed by atoms with E-state index in [2.05, 4.69) is 23.6 Å². The molecule has 0 fully saturated rings. The number of halogens is 6. The summed E-state index contributed by atoms with van der Waals surface area (Å²) >= 11 is -1.32. The molecule has 0 radical (unpaired) electrons. The average Bonchev–Trinajstić information content (AvgIpc) is 2.63. The maximum atomic E-state index is 13.3. The summed E-state index contributed by atoms with van der Waals surface area (Å²) in [5.74, 6) is -11.5. The van der Waals surface area contributed by atoms with Crippen LogP contribution in [-0.2, 0) is 58.2 Å². The molecule has 0 saturated carbocycles. The van der Waals surface area contributed by atoms with E-state index in [1.54, 1.807) is 0 Å². The Labute approximate surface area is 180 Å². The van der Waals surface area contributed by atoms with Crippen LogP contribution >= 0.6 is 12.0 Å². The van der Waals surface area contributed by atoms with Crippen molar-refractivity contribution in [3.05, 3.63) is 12.0 Å². The molecule has 0 heterocycles. The second kappa shape index (κ2) is 10.8. The number of alkyl halides is 6. The highest BCUT2D eigenvalue weighted by Crippen LogP contribution is 2.32. The first-order valence-electron chi connectivity index (χ1n) is 6.66. The van der Waals surface area contributed by atoms with Crippen molar-refractivity contribution in [1.82, 2.24) is 0 Å². The van der Waals surface area contributed by atoms with Crippen LogP contribution in [0.25, 0.3) is 0 Å². The summed E-state index contributed by atoms with van der Waals surface area (Å²) < 4.78 is 151. The summed E-state index contributed by atoms with van der Waals surface area (Å²) in [6.07, 6.45) is -0.349. The van der Waals surface area contributed by atoms with Gasteiger partial charge in [-0.1, -0.05) is 5.04 Å². The quantitative estimate of drug-likeness (QED) is 0.0542. The van der Waals surface area contributed by atoms with Crippen molar-refractivity contribution < 1.29 is 95.5 Å². The Balaban J connectivity index is 5.82. The van der Waals surface area contributed by atoms with Gasteiger partial charge in [-0.2, -0.15) is 43.2 Å². The van der Waals surface area contributed by atoms with Gasteiger partial charge in [-0.3, -0.25) is 9.11 Å². The average molecular weight is 564 g/mol. The SMILES string of the molecule is O=C(OC(=CCOC(=O)C(F)(F)S(=O)(=O)O)OC(=O)C(F)(F)S(=O)(=O)O)C(F)(F)SOOO. The van der Waals surface area contributed by atoms with Gasteiger partial charge in [0, 0.05) is 6.08 Å². The molecule has 0 aliphatic rings. The molecule has 0 unspecified atom stereocenters. The van der Waals surface area contributed by atoms with Crippen molar-refractivity contribution in [3.63, 3.8) is 0 Å². The Kier molecular flexibility index (Phi) is 10.1. The second-order valence-corrected chi connectivity index (χ2v) is 8.37. The third kappa shape index (κ3) is 8.25. The molecule has 192 valence electrons. The Morgan fingerprint density at radius 3 is 1.67 bits per heavy atom. The number of rotatable bonds is 12. The first-order valence-corrected chi connectivity index (χ1v) is 10.3. The van der Waals surface area contributed by atoms with E-state index in [1.807, 2.05) is 0 Å². The molecule has 0 rings (SSSR count). The highest BCUT2D eigenvalue weighted by molar-refractivity contribution is 7.96. The lowest BCUT2D eigenvalue weighted by Gasteiger charge is -2.16. The highest BCUT2D eigenvalue weighted by atomic mass is 32.2. The molecule has 33 heavy (non-hydrogen) atoms. The summed E-state index contributed by atoms with van der Waals surface area (Å²) in [6, 6.07) is 0. The summed E-state index contributed by atoms with van der Waals surface area (Å²) in [5.41, 5.74) is 0. The number of carbonyl (C=O) groups is 3. The maximum Gasteiger partial charge on any atom is 0.466 e. The van der Waals surface area contributed by atoms with Crippen LogP contribution in [0, 0.1) is 0 Å². The fourth-order valence-electron chi connectivity index (χ4n) is 0.978.